The monoisotopic (exact) mass is 228 g/mol. The van der Waals surface area contributed by atoms with Crippen molar-refractivity contribution in [1.29, 1.82) is 0 Å². The highest BCUT2D eigenvalue weighted by Crippen LogP contribution is 2.36. The summed E-state index contributed by atoms with van der Waals surface area (Å²) >= 11 is 0. The third-order valence-electron chi connectivity index (χ3n) is 2.97. The Morgan fingerprint density at radius 1 is 1.33 bits per heavy atom. The van der Waals surface area contributed by atoms with E-state index in [-0.39, 0.29) is 10.8 Å². The molecule has 0 aliphatic rings. The van der Waals surface area contributed by atoms with E-state index in [1.165, 1.54) is 0 Å². The van der Waals surface area contributed by atoms with Crippen LogP contribution in [-0.4, -0.2) is 20.7 Å². The Bertz CT molecular complexity index is 236. The molecule has 15 heavy (non-hydrogen) atoms. The predicted molar refractivity (Wildman–Crippen MR) is 67.6 cm³/mol. The number of carbonyl (C=O) groups excluding carboxylic acids is 1. The van der Waals surface area contributed by atoms with Crippen LogP contribution in [0.5, 0.6) is 0 Å². The highest BCUT2D eigenvalue weighted by molar-refractivity contribution is 6.74. The summed E-state index contributed by atoms with van der Waals surface area (Å²) in [4.78, 5) is 11.2. The summed E-state index contributed by atoms with van der Waals surface area (Å²) in [6, 6.07) is 0. The SMILES string of the molecule is C/C=C/C(=O)CCO[Si](C)(C)C(C)(C)C. The number of hydrogen-bond acceptors (Lipinski definition) is 2. The summed E-state index contributed by atoms with van der Waals surface area (Å²) in [6.45, 7) is 13.4. The van der Waals surface area contributed by atoms with Gasteiger partial charge in [0.15, 0.2) is 14.1 Å². The first-order valence-electron chi connectivity index (χ1n) is 5.50. The molecule has 3 heteroatoms. The fraction of sp³-hybridized carbons (Fsp3) is 0.750. The van der Waals surface area contributed by atoms with Crippen molar-refractivity contribution in [3.63, 3.8) is 0 Å². The van der Waals surface area contributed by atoms with Crippen LogP contribution in [0.1, 0.15) is 34.1 Å². The smallest absolute Gasteiger partial charge is 0.191 e. The summed E-state index contributed by atoms with van der Waals surface area (Å²) in [5.41, 5.74) is 0. The van der Waals surface area contributed by atoms with Crippen molar-refractivity contribution in [3.05, 3.63) is 12.2 Å². The van der Waals surface area contributed by atoms with Crippen molar-refractivity contribution in [2.45, 2.75) is 52.2 Å². The van der Waals surface area contributed by atoms with E-state index in [2.05, 4.69) is 33.9 Å². The number of ketones is 1. The Morgan fingerprint density at radius 2 is 1.87 bits per heavy atom. The summed E-state index contributed by atoms with van der Waals surface area (Å²) < 4.78 is 5.90. The zero-order valence-electron chi connectivity index (χ0n) is 10.9. The van der Waals surface area contributed by atoms with Crippen molar-refractivity contribution >= 4 is 14.1 Å². The second kappa shape index (κ2) is 5.61. The largest absolute Gasteiger partial charge is 0.416 e. The Labute approximate surface area is 94.8 Å². The van der Waals surface area contributed by atoms with Crippen LogP contribution in [0.25, 0.3) is 0 Å². The maximum atomic E-state index is 11.2. The zero-order valence-corrected chi connectivity index (χ0v) is 11.9. The molecule has 0 spiro atoms. The lowest BCUT2D eigenvalue weighted by Gasteiger charge is -2.36. The van der Waals surface area contributed by atoms with Crippen molar-refractivity contribution in [1.82, 2.24) is 0 Å². The second-order valence-electron chi connectivity index (χ2n) is 5.33. The van der Waals surface area contributed by atoms with Gasteiger partial charge >= 0.3 is 0 Å². The maximum Gasteiger partial charge on any atom is 0.191 e. The molecule has 2 nitrogen and oxygen atoms in total. The van der Waals surface area contributed by atoms with Gasteiger partial charge in [0, 0.05) is 13.0 Å². The molecular weight excluding hydrogens is 204 g/mol. The molecule has 0 heterocycles. The summed E-state index contributed by atoms with van der Waals surface area (Å²) in [5, 5.41) is 0.219. The molecule has 0 radical (unpaired) electrons. The summed E-state index contributed by atoms with van der Waals surface area (Å²) in [5.74, 6) is 0.149. The van der Waals surface area contributed by atoms with Gasteiger partial charge in [-0.15, -0.1) is 0 Å². The standard InChI is InChI=1S/C12H24O2Si/c1-7-8-11(13)9-10-14-15(5,6)12(2,3)4/h7-8H,9-10H2,1-6H3/b8-7+. The third-order valence-corrected chi connectivity index (χ3v) is 7.51. The van der Waals surface area contributed by atoms with Crippen LogP contribution in [0.2, 0.25) is 18.1 Å². The number of hydrogen-bond donors (Lipinski definition) is 0. The highest BCUT2D eigenvalue weighted by atomic mass is 28.4. The van der Waals surface area contributed by atoms with Crippen LogP contribution in [0.15, 0.2) is 12.2 Å². The lowest BCUT2D eigenvalue weighted by Crippen LogP contribution is -2.41. The van der Waals surface area contributed by atoms with Crippen molar-refractivity contribution < 1.29 is 9.22 Å². The first kappa shape index (κ1) is 14.6. The van der Waals surface area contributed by atoms with Crippen LogP contribution in [0, 0.1) is 0 Å². The van der Waals surface area contributed by atoms with Gasteiger partial charge in [0.1, 0.15) is 0 Å². The van der Waals surface area contributed by atoms with Gasteiger partial charge in [-0.25, -0.2) is 0 Å². The molecule has 0 atom stereocenters. The second-order valence-corrected chi connectivity index (χ2v) is 10.1. The van der Waals surface area contributed by atoms with Crippen molar-refractivity contribution in [2.75, 3.05) is 6.61 Å². The van der Waals surface area contributed by atoms with Crippen LogP contribution < -0.4 is 0 Å². The Morgan fingerprint density at radius 3 is 2.27 bits per heavy atom. The van der Waals surface area contributed by atoms with Gasteiger partial charge in [0.05, 0.1) is 0 Å². The molecule has 0 fully saturated rings. The van der Waals surface area contributed by atoms with Crippen molar-refractivity contribution in [3.8, 4) is 0 Å². The van der Waals surface area contributed by atoms with Crippen LogP contribution in [0.3, 0.4) is 0 Å². The maximum absolute atomic E-state index is 11.2. The molecule has 0 aromatic carbocycles. The van der Waals surface area contributed by atoms with Gasteiger partial charge < -0.3 is 4.43 Å². The molecule has 0 amide bonds. The topological polar surface area (TPSA) is 26.3 Å². The molecule has 0 aliphatic heterocycles. The van der Waals surface area contributed by atoms with Crippen LogP contribution >= 0.6 is 0 Å². The minimum Gasteiger partial charge on any atom is -0.416 e. The van der Waals surface area contributed by atoms with E-state index < -0.39 is 8.32 Å². The third kappa shape index (κ3) is 5.28. The fourth-order valence-corrected chi connectivity index (χ4v) is 1.94. The minimum atomic E-state index is -1.67. The van der Waals surface area contributed by atoms with Gasteiger partial charge in [0.25, 0.3) is 0 Å². The van der Waals surface area contributed by atoms with Gasteiger partial charge in [-0.2, -0.15) is 0 Å². The molecule has 0 bridgehead atoms. The van der Waals surface area contributed by atoms with E-state index in [4.69, 9.17) is 4.43 Å². The first-order chi connectivity index (χ1) is 6.70. The van der Waals surface area contributed by atoms with Crippen LogP contribution in [-0.2, 0) is 9.22 Å². The van der Waals surface area contributed by atoms with E-state index >= 15 is 0 Å². The number of rotatable bonds is 5. The number of carbonyl (C=O) groups is 1. The lowest BCUT2D eigenvalue weighted by atomic mass is 10.2. The highest BCUT2D eigenvalue weighted by Gasteiger charge is 2.36. The van der Waals surface area contributed by atoms with E-state index in [1.54, 1.807) is 12.2 Å². The molecule has 0 aromatic heterocycles. The lowest BCUT2D eigenvalue weighted by molar-refractivity contribution is -0.115. The van der Waals surface area contributed by atoms with E-state index in [0.29, 0.717) is 13.0 Å². The van der Waals surface area contributed by atoms with E-state index in [9.17, 15) is 4.79 Å². The van der Waals surface area contributed by atoms with E-state index in [0.717, 1.165) is 0 Å². The molecule has 0 rings (SSSR count). The molecule has 0 aliphatic carbocycles. The average Bonchev–Trinajstić information content (AvgIpc) is 2.01. The van der Waals surface area contributed by atoms with Crippen LogP contribution in [0.4, 0.5) is 0 Å². The first-order valence-corrected chi connectivity index (χ1v) is 8.41. The zero-order chi connectivity index (χ0) is 12.1. The molecule has 0 aromatic rings. The van der Waals surface area contributed by atoms with E-state index in [1.807, 2.05) is 6.92 Å². The van der Waals surface area contributed by atoms with Gasteiger partial charge in [-0.3, -0.25) is 4.79 Å². The average molecular weight is 228 g/mol. The molecular formula is C12H24O2Si. The Kier molecular flexibility index (Phi) is 5.46. The molecule has 0 saturated heterocycles. The molecule has 88 valence electrons. The molecule has 0 N–H and O–H groups in total. The number of allylic oxidation sites excluding steroid dienone is 2. The van der Waals surface area contributed by atoms with Gasteiger partial charge in [0.2, 0.25) is 0 Å². The normalized spacial score (nSPS) is 13.5. The summed E-state index contributed by atoms with van der Waals surface area (Å²) in [6.07, 6.45) is 3.88. The summed E-state index contributed by atoms with van der Waals surface area (Å²) in [7, 11) is -1.67. The Hall–Kier alpha value is -0.413. The molecule has 0 saturated carbocycles. The quantitative estimate of drug-likeness (QED) is 0.531. The van der Waals surface area contributed by atoms with Crippen molar-refractivity contribution in [2.24, 2.45) is 0 Å². The Balaban J connectivity index is 4.01. The van der Waals surface area contributed by atoms with Gasteiger partial charge in [-0.05, 0) is 31.1 Å². The minimum absolute atomic E-state index is 0.149. The van der Waals surface area contributed by atoms with Gasteiger partial charge in [-0.1, -0.05) is 26.8 Å². The predicted octanol–water partition coefficient (Wildman–Crippen LogP) is 3.54. The molecule has 0 unspecified atom stereocenters. The fourth-order valence-electron chi connectivity index (χ4n) is 0.893.